The molecule has 1 amide bonds. The number of amides is 1. The van der Waals surface area contributed by atoms with E-state index < -0.39 is 0 Å². The molecule has 1 heterocycles. The van der Waals surface area contributed by atoms with Crippen molar-refractivity contribution in [2.75, 3.05) is 12.3 Å². The fourth-order valence-electron chi connectivity index (χ4n) is 0.976. The van der Waals surface area contributed by atoms with Gasteiger partial charge in [0, 0.05) is 6.54 Å². The Morgan fingerprint density at radius 3 is 2.60 bits per heavy atom. The second kappa shape index (κ2) is 4.29. The standard InChI is InChI=1S/C11H17N3O/c1-11(2,3)7-14-10(15)9-5-4-8(12)6-13-9/h4-6H,7,12H2,1-3H3,(H,14,15). The number of nitrogens with zero attached hydrogens (tertiary/aromatic N) is 1. The van der Waals surface area contributed by atoms with Crippen molar-refractivity contribution in [3.05, 3.63) is 24.0 Å². The number of carbonyl (C=O) groups is 1. The highest BCUT2D eigenvalue weighted by Crippen LogP contribution is 2.10. The van der Waals surface area contributed by atoms with Gasteiger partial charge in [-0.2, -0.15) is 0 Å². The molecular weight excluding hydrogens is 190 g/mol. The van der Waals surface area contributed by atoms with Gasteiger partial charge in [-0.3, -0.25) is 4.79 Å². The van der Waals surface area contributed by atoms with Crippen molar-refractivity contribution in [1.82, 2.24) is 10.3 Å². The van der Waals surface area contributed by atoms with Crippen LogP contribution in [0, 0.1) is 5.41 Å². The van der Waals surface area contributed by atoms with Gasteiger partial charge in [0.15, 0.2) is 0 Å². The largest absolute Gasteiger partial charge is 0.397 e. The van der Waals surface area contributed by atoms with Crippen LogP contribution in [0.4, 0.5) is 5.69 Å². The number of carbonyl (C=O) groups excluding carboxylic acids is 1. The van der Waals surface area contributed by atoms with Gasteiger partial charge in [-0.25, -0.2) is 4.98 Å². The van der Waals surface area contributed by atoms with Crippen LogP contribution in [0.25, 0.3) is 0 Å². The normalized spacial score (nSPS) is 11.1. The predicted molar refractivity (Wildman–Crippen MR) is 60.4 cm³/mol. The molecule has 1 aromatic rings. The minimum absolute atomic E-state index is 0.0729. The highest BCUT2D eigenvalue weighted by Gasteiger charge is 2.13. The van der Waals surface area contributed by atoms with Crippen molar-refractivity contribution in [2.24, 2.45) is 5.41 Å². The van der Waals surface area contributed by atoms with E-state index in [1.807, 2.05) is 0 Å². The summed E-state index contributed by atoms with van der Waals surface area (Å²) in [5.41, 5.74) is 6.50. The maximum atomic E-state index is 11.6. The molecule has 0 spiro atoms. The number of rotatable bonds is 2. The average molecular weight is 207 g/mol. The van der Waals surface area contributed by atoms with E-state index in [1.165, 1.54) is 6.20 Å². The number of nitrogens with one attached hydrogen (secondary N) is 1. The third-order valence-corrected chi connectivity index (χ3v) is 1.80. The molecule has 1 aromatic heterocycles. The molecule has 0 aromatic carbocycles. The lowest BCUT2D eigenvalue weighted by Gasteiger charge is -2.18. The minimum Gasteiger partial charge on any atom is -0.397 e. The summed E-state index contributed by atoms with van der Waals surface area (Å²) in [6, 6.07) is 3.28. The van der Waals surface area contributed by atoms with E-state index in [1.54, 1.807) is 12.1 Å². The van der Waals surface area contributed by atoms with E-state index in [0.717, 1.165) is 0 Å². The molecule has 4 nitrogen and oxygen atoms in total. The van der Waals surface area contributed by atoms with Crippen molar-refractivity contribution in [3.63, 3.8) is 0 Å². The van der Waals surface area contributed by atoms with Gasteiger partial charge in [-0.05, 0) is 17.5 Å². The maximum Gasteiger partial charge on any atom is 0.269 e. The fraction of sp³-hybridized carbons (Fsp3) is 0.455. The van der Waals surface area contributed by atoms with Gasteiger partial charge in [-0.15, -0.1) is 0 Å². The smallest absolute Gasteiger partial charge is 0.269 e. The molecule has 4 heteroatoms. The Labute approximate surface area is 89.9 Å². The summed E-state index contributed by atoms with van der Waals surface area (Å²) >= 11 is 0. The van der Waals surface area contributed by atoms with Gasteiger partial charge in [0.05, 0.1) is 11.9 Å². The van der Waals surface area contributed by atoms with E-state index in [0.29, 0.717) is 17.9 Å². The Morgan fingerprint density at radius 1 is 1.47 bits per heavy atom. The molecule has 0 bridgehead atoms. The van der Waals surface area contributed by atoms with Gasteiger partial charge in [-0.1, -0.05) is 20.8 Å². The number of hydrogen-bond acceptors (Lipinski definition) is 3. The molecule has 3 N–H and O–H groups in total. The van der Waals surface area contributed by atoms with Crippen LogP contribution in [0.1, 0.15) is 31.3 Å². The fourth-order valence-corrected chi connectivity index (χ4v) is 0.976. The summed E-state index contributed by atoms with van der Waals surface area (Å²) in [5.74, 6) is -0.162. The SMILES string of the molecule is CC(C)(C)CNC(=O)c1ccc(N)cn1. The molecule has 0 unspecified atom stereocenters. The average Bonchev–Trinajstić information content (AvgIpc) is 2.14. The first kappa shape index (κ1) is 11.5. The van der Waals surface area contributed by atoms with Gasteiger partial charge in [0.25, 0.3) is 5.91 Å². The van der Waals surface area contributed by atoms with Gasteiger partial charge in [0.1, 0.15) is 5.69 Å². The predicted octanol–water partition coefficient (Wildman–Crippen LogP) is 1.44. The number of anilines is 1. The zero-order valence-electron chi connectivity index (χ0n) is 9.37. The first-order chi connectivity index (χ1) is 6.88. The topological polar surface area (TPSA) is 68.0 Å². The van der Waals surface area contributed by atoms with E-state index in [9.17, 15) is 4.79 Å². The lowest BCUT2D eigenvalue weighted by molar-refractivity contribution is 0.0934. The molecule has 0 fully saturated rings. The Hall–Kier alpha value is -1.58. The zero-order chi connectivity index (χ0) is 11.5. The van der Waals surface area contributed by atoms with Crippen molar-refractivity contribution < 1.29 is 4.79 Å². The first-order valence-corrected chi connectivity index (χ1v) is 4.88. The Balaban J connectivity index is 2.58. The van der Waals surface area contributed by atoms with Crippen LogP contribution in [0.3, 0.4) is 0 Å². The summed E-state index contributed by atoms with van der Waals surface area (Å²) in [4.78, 5) is 15.5. The minimum atomic E-state index is -0.162. The second-order valence-corrected chi connectivity index (χ2v) is 4.72. The van der Waals surface area contributed by atoms with Crippen LogP contribution < -0.4 is 11.1 Å². The Kier molecular flexibility index (Phi) is 3.29. The van der Waals surface area contributed by atoms with Crippen LogP contribution in [0.2, 0.25) is 0 Å². The van der Waals surface area contributed by atoms with Crippen molar-refractivity contribution in [1.29, 1.82) is 0 Å². The molecule has 0 aliphatic heterocycles. The summed E-state index contributed by atoms with van der Waals surface area (Å²) in [6.45, 7) is 6.80. The molecule has 15 heavy (non-hydrogen) atoms. The summed E-state index contributed by atoms with van der Waals surface area (Å²) in [5, 5.41) is 2.82. The summed E-state index contributed by atoms with van der Waals surface area (Å²) in [6.07, 6.45) is 1.48. The van der Waals surface area contributed by atoms with Crippen molar-refractivity contribution in [2.45, 2.75) is 20.8 Å². The second-order valence-electron chi connectivity index (χ2n) is 4.72. The van der Waals surface area contributed by atoms with Gasteiger partial charge >= 0.3 is 0 Å². The first-order valence-electron chi connectivity index (χ1n) is 4.88. The molecule has 0 radical (unpaired) electrons. The number of hydrogen-bond donors (Lipinski definition) is 2. The lowest BCUT2D eigenvalue weighted by atomic mass is 9.97. The lowest BCUT2D eigenvalue weighted by Crippen LogP contribution is -2.32. The Bertz CT molecular complexity index is 338. The van der Waals surface area contributed by atoms with Crippen LogP contribution in [-0.2, 0) is 0 Å². The molecule has 82 valence electrons. The number of nitrogens with two attached hydrogens (primary N) is 1. The quantitative estimate of drug-likeness (QED) is 0.771. The zero-order valence-corrected chi connectivity index (χ0v) is 9.37. The highest BCUT2D eigenvalue weighted by molar-refractivity contribution is 5.92. The highest BCUT2D eigenvalue weighted by atomic mass is 16.1. The van der Waals surface area contributed by atoms with Crippen LogP contribution in [-0.4, -0.2) is 17.4 Å². The van der Waals surface area contributed by atoms with Crippen LogP contribution in [0.5, 0.6) is 0 Å². The molecule has 0 aliphatic rings. The van der Waals surface area contributed by atoms with Crippen LogP contribution in [0.15, 0.2) is 18.3 Å². The van der Waals surface area contributed by atoms with Crippen molar-refractivity contribution in [3.8, 4) is 0 Å². The Morgan fingerprint density at radius 2 is 2.13 bits per heavy atom. The molecule has 1 rings (SSSR count). The van der Waals surface area contributed by atoms with E-state index in [4.69, 9.17) is 5.73 Å². The summed E-state index contributed by atoms with van der Waals surface area (Å²) < 4.78 is 0. The van der Waals surface area contributed by atoms with E-state index in [-0.39, 0.29) is 11.3 Å². The third-order valence-electron chi connectivity index (χ3n) is 1.80. The number of aromatic nitrogens is 1. The van der Waals surface area contributed by atoms with Crippen LogP contribution >= 0.6 is 0 Å². The molecule has 0 aliphatic carbocycles. The molecule has 0 atom stereocenters. The number of nitrogen functional groups attached to an aromatic ring is 1. The van der Waals surface area contributed by atoms with Gasteiger partial charge in [0.2, 0.25) is 0 Å². The number of pyridine rings is 1. The monoisotopic (exact) mass is 207 g/mol. The third kappa shape index (κ3) is 3.97. The van der Waals surface area contributed by atoms with E-state index in [2.05, 4.69) is 31.1 Å². The maximum absolute atomic E-state index is 11.6. The molecule has 0 saturated carbocycles. The van der Waals surface area contributed by atoms with E-state index >= 15 is 0 Å². The van der Waals surface area contributed by atoms with Crippen molar-refractivity contribution >= 4 is 11.6 Å². The summed E-state index contributed by atoms with van der Waals surface area (Å²) in [7, 11) is 0. The molecular formula is C11H17N3O. The van der Waals surface area contributed by atoms with Gasteiger partial charge < -0.3 is 11.1 Å². The molecule has 0 saturated heterocycles.